The molecular weight excluding hydrogens is 510 g/mol. The van der Waals surface area contributed by atoms with Gasteiger partial charge in [0.25, 0.3) is 5.91 Å². The monoisotopic (exact) mass is 555 g/mol. The average molecular weight is 556 g/mol. The minimum absolute atomic E-state index is 0. The fraction of sp³-hybridized carbons (Fsp3) is 0.562. The Balaban J connectivity index is 0.00000420. The van der Waals surface area contributed by atoms with E-state index in [9.17, 15) is 4.79 Å². The molecule has 2 aliphatic rings. The van der Waals surface area contributed by atoms with Crippen LogP contribution in [0.4, 0.5) is 0 Å². The van der Waals surface area contributed by atoms with Crippen molar-refractivity contribution in [3.8, 4) is 11.5 Å². The fourth-order valence-electron chi connectivity index (χ4n) is 5.62. The number of likely N-dealkylation sites (tertiary alicyclic amines) is 1. The molecule has 1 saturated heterocycles. The van der Waals surface area contributed by atoms with Crippen LogP contribution < -0.4 is 9.47 Å². The Labute approximate surface area is 241 Å². The Morgan fingerprint density at radius 2 is 1.59 bits per heavy atom. The number of hydrogen-bond acceptors (Lipinski definition) is 5. The largest absolute Gasteiger partial charge is 0.490 e. The molecule has 2 aliphatic heterocycles. The molecule has 7 heteroatoms. The molecule has 6 nitrogen and oxygen atoms in total. The maximum Gasteiger partial charge on any atom is 0.253 e. The second kappa shape index (κ2) is 14.7. The van der Waals surface area contributed by atoms with Crippen molar-refractivity contribution >= 4 is 24.0 Å². The van der Waals surface area contributed by atoms with Gasteiger partial charge in [-0.2, -0.15) is 0 Å². The van der Waals surface area contributed by atoms with Crippen LogP contribution in [0, 0.1) is 0 Å². The van der Waals surface area contributed by atoms with Gasteiger partial charge in [-0.1, -0.05) is 38.8 Å². The molecule has 2 atom stereocenters. The number of carbonyl (C=O) groups is 1. The van der Waals surface area contributed by atoms with Crippen molar-refractivity contribution in [2.24, 2.45) is 4.99 Å². The van der Waals surface area contributed by atoms with Gasteiger partial charge < -0.3 is 19.3 Å². The number of hydrogen-bond donors (Lipinski definition) is 0. The highest BCUT2D eigenvalue weighted by molar-refractivity contribution is 6.15. The van der Waals surface area contributed by atoms with Crippen LogP contribution in [0.1, 0.15) is 92.8 Å². The number of halogens is 1. The van der Waals surface area contributed by atoms with Crippen molar-refractivity contribution < 1.29 is 14.3 Å². The third-order valence-electron chi connectivity index (χ3n) is 7.70. The van der Waals surface area contributed by atoms with Gasteiger partial charge >= 0.3 is 0 Å². The Morgan fingerprint density at radius 1 is 0.974 bits per heavy atom. The lowest BCUT2D eigenvalue weighted by Gasteiger charge is -2.39. The van der Waals surface area contributed by atoms with Crippen molar-refractivity contribution in [3.05, 3.63) is 58.7 Å². The standard InChI is InChI=1S/C32H45N3O3.ClH/c1-6-10-17-35(18-11-7-2)32(36)24-14-12-23(13-15-24)31-26-21-30(38-9-4)29(37-8-3)20-25(26)27-22-34(5)19-16-28(27)33-31;/h12-15,20-21,27-28H,6-11,16-19,22H2,1-5H3;1H/t27-,28-;/m1./s1. The van der Waals surface area contributed by atoms with Crippen LogP contribution >= 0.6 is 12.4 Å². The summed E-state index contributed by atoms with van der Waals surface area (Å²) in [6.45, 7) is 13.2. The first kappa shape index (κ1) is 31.0. The Bertz CT molecular complexity index is 1110. The number of aliphatic imine (C=N–C) groups is 1. The number of likely N-dealkylation sites (N-methyl/N-ethyl adjacent to an activating group) is 1. The van der Waals surface area contributed by atoms with E-state index in [0.29, 0.717) is 19.1 Å². The van der Waals surface area contributed by atoms with Crippen molar-refractivity contribution in [1.82, 2.24) is 9.80 Å². The quantitative estimate of drug-likeness (QED) is 0.296. The maximum absolute atomic E-state index is 13.3. The summed E-state index contributed by atoms with van der Waals surface area (Å²) in [6, 6.07) is 12.6. The molecule has 0 saturated carbocycles. The predicted octanol–water partition coefficient (Wildman–Crippen LogP) is 6.59. The summed E-state index contributed by atoms with van der Waals surface area (Å²) >= 11 is 0. The van der Waals surface area contributed by atoms with Crippen molar-refractivity contribution in [2.45, 2.75) is 71.8 Å². The molecule has 39 heavy (non-hydrogen) atoms. The Hall–Kier alpha value is -2.57. The van der Waals surface area contributed by atoms with E-state index in [1.807, 2.05) is 30.9 Å². The fourth-order valence-corrected chi connectivity index (χ4v) is 5.62. The number of nitrogens with zero attached hydrogens (tertiary/aromatic N) is 3. The Morgan fingerprint density at radius 3 is 2.18 bits per heavy atom. The van der Waals surface area contributed by atoms with E-state index in [1.165, 1.54) is 5.56 Å². The average Bonchev–Trinajstić information content (AvgIpc) is 2.93. The minimum Gasteiger partial charge on any atom is -0.490 e. The van der Waals surface area contributed by atoms with Crippen LogP contribution in [-0.4, -0.2) is 73.9 Å². The molecule has 2 aromatic rings. The molecular formula is C32H46ClN3O3. The number of rotatable bonds is 12. The number of amides is 1. The molecule has 2 heterocycles. The lowest BCUT2D eigenvalue weighted by molar-refractivity contribution is 0.0751. The van der Waals surface area contributed by atoms with Crippen LogP contribution in [0.15, 0.2) is 41.4 Å². The van der Waals surface area contributed by atoms with Crippen LogP contribution in [0.5, 0.6) is 11.5 Å². The molecule has 0 unspecified atom stereocenters. The topological polar surface area (TPSA) is 54.4 Å². The van der Waals surface area contributed by atoms with E-state index in [4.69, 9.17) is 14.5 Å². The highest BCUT2D eigenvalue weighted by Crippen LogP contribution is 2.42. The highest BCUT2D eigenvalue weighted by atomic mass is 35.5. The zero-order chi connectivity index (χ0) is 27.1. The first-order valence-corrected chi connectivity index (χ1v) is 14.6. The van der Waals surface area contributed by atoms with E-state index < -0.39 is 0 Å². The second-order valence-electron chi connectivity index (χ2n) is 10.5. The van der Waals surface area contributed by atoms with Gasteiger partial charge in [-0.3, -0.25) is 9.79 Å². The Kier molecular flexibility index (Phi) is 11.7. The number of unbranched alkanes of at least 4 members (excludes halogenated alkanes) is 2. The lowest BCUT2D eigenvalue weighted by atomic mass is 9.79. The number of carbonyl (C=O) groups excluding carboxylic acids is 1. The molecule has 0 aliphatic carbocycles. The molecule has 1 amide bonds. The molecule has 0 aromatic heterocycles. The molecule has 0 bridgehead atoms. The van der Waals surface area contributed by atoms with Gasteiger partial charge in [-0.05, 0) is 76.5 Å². The van der Waals surface area contributed by atoms with Gasteiger partial charge in [0.05, 0.1) is 25.0 Å². The van der Waals surface area contributed by atoms with E-state index in [1.54, 1.807) is 0 Å². The SMILES string of the molecule is CCCCN(CCCC)C(=O)c1ccc(C2=N[C@@H]3CCN(C)C[C@@H]3c3cc(OCC)c(OCC)cc32)cc1.Cl. The smallest absolute Gasteiger partial charge is 0.253 e. The van der Waals surface area contributed by atoms with Gasteiger partial charge in [0.2, 0.25) is 0 Å². The highest BCUT2D eigenvalue weighted by Gasteiger charge is 2.36. The van der Waals surface area contributed by atoms with Gasteiger partial charge in [-0.25, -0.2) is 0 Å². The normalized spacial score (nSPS) is 18.3. The molecule has 214 valence electrons. The summed E-state index contributed by atoms with van der Waals surface area (Å²) in [4.78, 5) is 23.1. The summed E-state index contributed by atoms with van der Waals surface area (Å²) in [6.07, 6.45) is 5.26. The van der Waals surface area contributed by atoms with Gasteiger partial charge in [0.1, 0.15) is 0 Å². The number of benzene rings is 2. The number of piperidine rings is 1. The number of fused-ring (bicyclic) bond motifs is 3. The van der Waals surface area contributed by atoms with E-state index >= 15 is 0 Å². The maximum atomic E-state index is 13.3. The zero-order valence-electron chi connectivity index (χ0n) is 24.4. The molecule has 0 spiro atoms. The van der Waals surface area contributed by atoms with E-state index in [2.05, 4.69) is 50.1 Å². The third-order valence-corrected chi connectivity index (χ3v) is 7.70. The summed E-state index contributed by atoms with van der Waals surface area (Å²) < 4.78 is 12.0. The molecule has 1 fully saturated rings. The predicted molar refractivity (Wildman–Crippen MR) is 162 cm³/mol. The van der Waals surface area contributed by atoms with Crippen LogP contribution in [0.25, 0.3) is 0 Å². The minimum atomic E-state index is 0. The van der Waals surface area contributed by atoms with Crippen LogP contribution in [-0.2, 0) is 0 Å². The zero-order valence-corrected chi connectivity index (χ0v) is 25.2. The summed E-state index contributed by atoms with van der Waals surface area (Å²) in [5.41, 5.74) is 5.17. The molecule has 4 rings (SSSR count). The van der Waals surface area contributed by atoms with Gasteiger partial charge in [-0.15, -0.1) is 12.4 Å². The first-order valence-electron chi connectivity index (χ1n) is 14.6. The van der Waals surface area contributed by atoms with Crippen molar-refractivity contribution in [3.63, 3.8) is 0 Å². The molecule has 0 N–H and O–H groups in total. The van der Waals surface area contributed by atoms with Crippen LogP contribution in [0.2, 0.25) is 0 Å². The third kappa shape index (κ3) is 7.15. The first-order chi connectivity index (χ1) is 18.5. The van der Waals surface area contributed by atoms with E-state index in [-0.39, 0.29) is 24.4 Å². The second-order valence-corrected chi connectivity index (χ2v) is 10.5. The summed E-state index contributed by atoms with van der Waals surface area (Å²) in [5.74, 6) is 2.02. The van der Waals surface area contributed by atoms with Gasteiger partial charge in [0.15, 0.2) is 11.5 Å². The van der Waals surface area contributed by atoms with Crippen molar-refractivity contribution in [1.29, 1.82) is 0 Å². The van der Waals surface area contributed by atoms with E-state index in [0.717, 1.165) is 92.2 Å². The van der Waals surface area contributed by atoms with Crippen LogP contribution in [0.3, 0.4) is 0 Å². The summed E-state index contributed by atoms with van der Waals surface area (Å²) in [7, 11) is 2.19. The lowest BCUT2D eigenvalue weighted by Crippen LogP contribution is -2.41. The number of ether oxygens (including phenoxy) is 2. The molecule has 2 aromatic carbocycles. The summed E-state index contributed by atoms with van der Waals surface area (Å²) in [5, 5.41) is 0. The van der Waals surface area contributed by atoms with Crippen molar-refractivity contribution in [2.75, 3.05) is 46.4 Å². The molecule has 0 radical (unpaired) electrons. The van der Waals surface area contributed by atoms with Gasteiger partial charge in [0, 0.05) is 42.2 Å².